The maximum absolute atomic E-state index is 8.83. The lowest BCUT2D eigenvalue weighted by atomic mass is 10.1. The van der Waals surface area contributed by atoms with E-state index in [2.05, 4.69) is 5.73 Å². The Bertz CT molecular complexity index is 153. The predicted molar refractivity (Wildman–Crippen MR) is 63.1 cm³/mol. The molecule has 0 aliphatic heterocycles. The van der Waals surface area contributed by atoms with E-state index in [9.17, 15) is 0 Å². The van der Waals surface area contributed by atoms with Crippen LogP contribution < -0.4 is 5.73 Å². The third kappa shape index (κ3) is 17.3. The molecule has 82 valence electrons. The van der Waals surface area contributed by atoms with Crippen molar-refractivity contribution in [2.24, 2.45) is 5.73 Å². The van der Waals surface area contributed by atoms with Crippen LogP contribution >= 0.6 is 0 Å². The Morgan fingerprint density at radius 2 is 1.07 bits per heavy atom. The van der Waals surface area contributed by atoms with E-state index in [1.54, 1.807) is 13.8 Å². The third-order valence-electron chi connectivity index (χ3n) is 1.53. The molecule has 0 aromatic heterocycles. The normalized spacial score (nSPS) is 9.00. The molecule has 0 atom stereocenters. The SMILES string of the molecule is CCC(C)(C)O.CN.c1ccccc1. The zero-order valence-corrected chi connectivity index (χ0v) is 9.70. The summed E-state index contributed by atoms with van der Waals surface area (Å²) in [5.74, 6) is 0. The Balaban J connectivity index is 0. The average Bonchev–Trinajstić information content (AvgIpc) is 2.23. The van der Waals surface area contributed by atoms with Crippen LogP contribution in [0.3, 0.4) is 0 Å². The minimum Gasteiger partial charge on any atom is -0.390 e. The molecule has 0 heterocycles. The maximum atomic E-state index is 8.83. The van der Waals surface area contributed by atoms with E-state index < -0.39 is 5.60 Å². The molecule has 0 spiro atoms. The number of hydrogen-bond acceptors (Lipinski definition) is 2. The molecule has 0 aliphatic rings. The Morgan fingerprint density at radius 3 is 1.14 bits per heavy atom. The molecule has 3 N–H and O–H groups in total. The minimum absolute atomic E-state index is 0.458. The van der Waals surface area contributed by atoms with Crippen LogP contribution in [0, 0.1) is 0 Å². The lowest BCUT2D eigenvalue weighted by Gasteiger charge is -2.11. The molecule has 1 aromatic rings. The number of rotatable bonds is 1. The van der Waals surface area contributed by atoms with Gasteiger partial charge >= 0.3 is 0 Å². The van der Waals surface area contributed by atoms with Crippen LogP contribution in [0.25, 0.3) is 0 Å². The van der Waals surface area contributed by atoms with Gasteiger partial charge in [0.05, 0.1) is 5.60 Å². The molecular formula is C12H23NO. The van der Waals surface area contributed by atoms with E-state index >= 15 is 0 Å². The third-order valence-corrected chi connectivity index (χ3v) is 1.53. The zero-order chi connectivity index (χ0) is 11.4. The first-order chi connectivity index (χ1) is 6.56. The number of nitrogens with two attached hydrogens (primary N) is 1. The van der Waals surface area contributed by atoms with E-state index in [0.29, 0.717) is 0 Å². The van der Waals surface area contributed by atoms with Gasteiger partial charge in [-0.15, -0.1) is 0 Å². The molecule has 0 unspecified atom stereocenters. The summed E-state index contributed by atoms with van der Waals surface area (Å²) in [4.78, 5) is 0. The van der Waals surface area contributed by atoms with Crippen molar-refractivity contribution in [3.63, 3.8) is 0 Å². The fraction of sp³-hybridized carbons (Fsp3) is 0.500. The van der Waals surface area contributed by atoms with Crippen molar-refractivity contribution in [1.29, 1.82) is 0 Å². The summed E-state index contributed by atoms with van der Waals surface area (Å²) in [6.45, 7) is 5.56. The Morgan fingerprint density at radius 1 is 0.929 bits per heavy atom. The van der Waals surface area contributed by atoms with Gasteiger partial charge in [-0.25, -0.2) is 0 Å². The molecule has 2 heteroatoms. The van der Waals surface area contributed by atoms with Crippen LogP contribution in [0.15, 0.2) is 36.4 Å². The number of hydrogen-bond donors (Lipinski definition) is 2. The summed E-state index contributed by atoms with van der Waals surface area (Å²) >= 11 is 0. The largest absolute Gasteiger partial charge is 0.390 e. The summed E-state index contributed by atoms with van der Waals surface area (Å²) in [5, 5.41) is 8.83. The van der Waals surface area contributed by atoms with Gasteiger partial charge in [0.2, 0.25) is 0 Å². The number of benzene rings is 1. The van der Waals surface area contributed by atoms with E-state index in [4.69, 9.17) is 5.11 Å². The fourth-order valence-electron chi connectivity index (χ4n) is 0.385. The van der Waals surface area contributed by atoms with Gasteiger partial charge in [-0.3, -0.25) is 0 Å². The van der Waals surface area contributed by atoms with Crippen LogP contribution in [0.4, 0.5) is 0 Å². The van der Waals surface area contributed by atoms with Crippen molar-refractivity contribution >= 4 is 0 Å². The van der Waals surface area contributed by atoms with Crippen LogP contribution in [-0.2, 0) is 0 Å². The van der Waals surface area contributed by atoms with Crippen LogP contribution in [0.2, 0.25) is 0 Å². The van der Waals surface area contributed by atoms with E-state index in [1.807, 2.05) is 43.3 Å². The smallest absolute Gasteiger partial charge is 0.0589 e. The average molecular weight is 197 g/mol. The van der Waals surface area contributed by atoms with Gasteiger partial charge in [0.1, 0.15) is 0 Å². The van der Waals surface area contributed by atoms with Crippen LogP contribution in [0.1, 0.15) is 27.2 Å². The summed E-state index contributed by atoms with van der Waals surface area (Å²) in [5.41, 5.74) is 4.04. The maximum Gasteiger partial charge on any atom is 0.0589 e. The fourth-order valence-corrected chi connectivity index (χ4v) is 0.385. The Labute approximate surface area is 87.8 Å². The molecule has 14 heavy (non-hydrogen) atoms. The van der Waals surface area contributed by atoms with Gasteiger partial charge < -0.3 is 10.8 Å². The van der Waals surface area contributed by atoms with Gasteiger partial charge in [-0.05, 0) is 27.3 Å². The molecular weight excluding hydrogens is 174 g/mol. The predicted octanol–water partition coefficient (Wildman–Crippen LogP) is 2.43. The molecule has 0 saturated carbocycles. The van der Waals surface area contributed by atoms with E-state index in [0.717, 1.165) is 6.42 Å². The Kier molecular flexibility index (Phi) is 11.4. The monoisotopic (exact) mass is 197 g/mol. The lowest BCUT2D eigenvalue weighted by Crippen LogP contribution is -2.15. The molecule has 0 saturated heterocycles. The van der Waals surface area contributed by atoms with Gasteiger partial charge in [0.15, 0.2) is 0 Å². The van der Waals surface area contributed by atoms with Crippen molar-refractivity contribution in [3.05, 3.63) is 36.4 Å². The van der Waals surface area contributed by atoms with E-state index in [1.165, 1.54) is 7.05 Å². The highest BCUT2D eigenvalue weighted by Crippen LogP contribution is 2.03. The highest BCUT2D eigenvalue weighted by atomic mass is 16.3. The van der Waals surface area contributed by atoms with Gasteiger partial charge in [0, 0.05) is 0 Å². The van der Waals surface area contributed by atoms with Crippen LogP contribution in [0.5, 0.6) is 0 Å². The molecule has 0 bridgehead atoms. The molecule has 1 aromatic carbocycles. The van der Waals surface area contributed by atoms with Crippen LogP contribution in [-0.4, -0.2) is 17.8 Å². The second-order valence-corrected chi connectivity index (χ2v) is 3.32. The van der Waals surface area contributed by atoms with Gasteiger partial charge in [-0.1, -0.05) is 43.3 Å². The van der Waals surface area contributed by atoms with Crippen molar-refractivity contribution in [2.45, 2.75) is 32.8 Å². The first-order valence-electron chi connectivity index (χ1n) is 4.86. The molecule has 0 fully saturated rings. The molecule has 0 radical (unpaired) electrons. The standard InChI is InChI=1S/C6H6.C5H12O.CH5N/c1-2-4-6-5-3-1;1-4-5(2,3)6;1-2/h1-6H;6H,4H2,1-3H3;2H2,1H3. The van der Waals surface area contributed by atoms with Gasteiger partial charge in [0.25, 0.3) is 0 Å². The first kappa shape index (κ1) is 15.6. The second-order valence-electron chi connectivity index (χ2n) is 3.32. The van der Waals surface area contributed by atoms with Crippen molar-refractivity contribution in [3.8, 4) is 0 Å². The van der Waals surface area contributed by atoms with Crippen molar-refractivity contribution in [2.75, 3.05) is 7.05 Å². The summed E-state index contributed by atoms with van der Waals surface area (Å²) < 4.78 is 0. The van der Waals surface area contributed by atoms with Gasteiger partial charge in [-0.2, -0.15) is 0 Å². The van der Waals surface area contributed by atoms with Crippen molar-refractivity contribution in [1.82, 2.24) is 0 Å². The quantitative estimate of drug-likeness (QED) is 0.726. The van der Waals surface area contributed by atoms with E-state index in [-0.39, 0.29) is 0 Å². The topological polar surface area (TPSA) is 46.2 Å². The highest BCUT2D eigenvalue weighted by molar-refractivity contribution is 4.99. The summed E-state index contributed by atoms with van der Waals surface area (Å²) in [7, 11) is 1.50. The Hall–Kier alpha value is -0.860. The van der Waals surface area contributed by atoms with Crippen molar-refractivity contribution < 1.29 is 5.11 Å². The molecule has 2 nitrogen and oxygen atoms in total. The molecule has 0 amide bonds. The molecule has 1 rings (SSSR count). The highest BCUT2D eigenvalue weighted by Gasteiger charge is 2.05. The number of aliphatic hydroxyl groups is 1. The second kappa shape index (κ2) is 10.2. The molecule has 0 aliphatic carbocycles. The first-order valence-corrected chi connectivity index (χ1v) is 4.86. The lowest BCUT2D eigenvalue weighted by molar-refractivity contribution is 0.0765. The zero-order valence-electron chi connectivity index (χ0n) is 9.70. The minimum atomic E-state index is -0.458. The summed E-state index contributed by atoms with van der Waals surface area (Å²) in [6.07, 6.45) is 0.826. The summed E-state index contributed by atoms with van der Waals surface area (Å²) in [6, 6.07) is 12.0.